The summed E-state index contributed by atoms with van der Waals surface area (Å²) in [5.74, 6) is -2.93. The maximum absolute atomic E-state index is 12.8. The minimum absolute atomic E-state index is 0.0826. The Morgan fingerprint density at radius 1 is 1.41 bits per heavy atom. The largest absolute Gasteiger partial charge is 0.477 e. The molecule has 1 unspecified atom stereocenters. The van der Waals surface area contributed by atoms with Crippen LogP contribution in [0.5, 0.6) is 0 Å². The molecule has 0 aliphatic carbocycles. The van der Waals surface area contributed by atoms with E-state index in [2.05, 4.69) is 20.8 Å². The van der Waals surface area contributed by atoms with Crippen LogP contribution < -0.4 is 10.6 Å². The smallest absolute Gasteiger partial charge is 0.352 e. The lowest BCUT2D eigenvalue weighted by Crippen LogP contribution is -2.71. The van der Waals surface area contributed by atoms with Gasteiger partial charge in [-0.15, -0.1) is 34.7 Å². The van der Waals surface area contributed by atoms with Crippen molar-refractivity contribution in [3.63, 3.8) is 0 Å². The molecular formula is C17H18ClN5O7S2. The monoisotopic (exact) mass is 503 g/mol. The number of carboxylic acid groups (broad SMARTS) is 1. The van der Waals surface area contributed by atoms with Gasteiger partial charge in [-0.25, -0.2) is 9.78 Å². The number of halogens is 1. The van der Waals surface area contributed by atoms with Gasteiger partial charge in [0, 0.05) is 18.2 Å². The summed E-state index contributed by atoms with van der Waals surface area (Å²) in [4.78, 5) is 58.6. The van der Waals surface area contributed by atoms with Gasteiger partial charge in [-0.1, -0.05) is 5.16 Å². The Hall–Kier alpha value is -2.68. The zero-order valence-electron chi connectivity index (χ0n) is 16.8. The molecule has 3 N–H and O–H groups in total. The fourth-order valence-electron chi connectivity index (χ4n) is 3.07. The van der Waals surface area contributed by atoms with Crippen LogP contribution in [0.25, 0.3) is 0 Å². The highest BCUT2D eigenvalue weighted by Crippen LogP contribution is 2.40. The molecule has 1 aromatic rings. The van der Waals surface area contributed by atoms with E-state index in [0.29, 0.717) is 11.3 Å². The van der Waals surface area contributed by atoms with Gasteiger partial charge < -0.3 is 25.3 Å². The molecule has 1 aromatic heterocycles. The third-order valence-corrected chi connectivity index (χ3v) is 6.71. The van der Waals surface area contributed by atoms with E-state index in [-0.39, 0.29) is 34.7 Å². The van der Waals surface area contributed by atoms with Crippen LogP contribution in [0, 0.1) is 0 Å². The van der Waals surface area contributed by atoms with Crippen LogP contribution in [0.15, 0.2) is 21.8 Å². The van der Waals surface area contributed by atoms with E-state index in [9.17, 15) is 24.3 Å². The Morgan fingerprint density at radius 2 is 2.16 bits per heavy atom. The molecule has 0 spiro atoms. The SMILES string of the molecule is COCC1=C(C(=O)O)N2C(=O)C(NC(=O)/C(=N\OC)c3csc(NC(=O)CCl)n3)[C@H]2SC1. The number of ether oxygens (including phenoxy) is 1. The summed E-state index contributed by atoms with van der Waals surface area (Å²) in [6.45, 7) is 0.0826. The summed E-state index contributed by atoms with van der Waals surface area (Å²) in [5.41, 5.74) is 0.259. The fourth-order valence-corrected chi connectivity index (χ4v) is 5.17. The summed E-state index contributed by atoms with van der Waals surface area (Å²) in [7, 11) is 2.68. The molecule has 2 aliphatic rings. The van der Waals surface area contributed by atoms with Crippen LogP contribution in [0.1, 0.15) is 5.69 Å². The first kappa shape index (κ1) is 24.0. The number of β-lactam (4-membered cyclic amide) rings is 1. The van der Waals surface area contributed by atoms with Crippen molar-refractivity contribution in [1.29, 1.82) is 0 Å². The quantitative estimate of drug-likeness (QED) is 0.183. The van der Waals surface area contributed by atoms with Gasteiger partial charge in [-0.2, -0.15) is 0 Å². The Morgan fingerprint density at radius 3 is 2.78 bits per heavy atom. The Kier molecular flexibility index (Phi) is 7.71. The van der Waals surface area contributed by atoms with E-state index in [1.807, 2.05) is 0 Å². The van der Waals surface area contributed by atoms with Gasteiger partial charge in [-0.05, 0) is 5.57 Å². The number of amides is 3. The Bertz CT molecular complexity index is 1010. The minimum atomic E-state index is -1.24. The number of carbonyl (C=O) groups is 4. The lowest BCUT2D eigenvalue weighted by molar-refractivity contribution is -0.150. The van der Waals surface area contributed by atoms with Gasteiger partial charge in [0.1, 0.15) is 35.8 Å². The topological polar surface area (TPSA) is 160 Å². The number of thiazole rings is 1. The average molecular weight is 504 g/mol. The molecule has 0 aromatic carbocycles. The van der Waals surface area contributed by atoms with E-state index < -0.39 is 35.1 Å². The van der Waals surface area contributed by atoms with Crippen molar-refractivity contribution in [2.45, 2.75) is 11.4 Å². The molecule has 0 radical (unpaired) electrons. The second-order valence-electron chi connectivity index (χ2n) is 6.39. The zero-order chi connectivity index (χ0) is 23.4. The number of thioether (sulfide) groups is 1. The molecule has 0 saturated carbocycles. The number of aliphatic carboxylic acids is 1. The molecule has 3 amide bonds. The molecule has 15 heteroatoms. The van der Waals surface area contributed by atoms with Crippen molar-refractivity contribution in [3.05, 3.63) is 22.3 Å². The summed E-state index contributed by atoms with van der Waals surface area (Å²) in [5, 5.41) is 19.4. The molecular weight excluding hydrogens is 486 g/mol. The summed E-state index contributed by atoms with van der Waals surface area (Å²) in [6.07, 6.45) is 0. The van der Waals surface area contributed by atoms with Gasteiger partial charge in [0.15, 0.2) is 10.8 Å². The van der Waals surface area contributed by atoms with E-state index >= 15 is 0 Å². The summed E-state index contributed by atoms with van der Waals surface area (Å²) >= 11 is 7.81. The van der Waals surface area contributed by atoms with E-state index in [4.69, 9.17) is 21.2 Å². The third kappa shape index (κ3) is 4.72. The number of fused-ring (bicyclic) bond motifs is 1. The number of aromatic nitrogens is 1. The lowest BCUT2D eigenvalue weighted by atomic mass is 10.0. The van der Waals surface area contributed by atoms with Crippen molar-refractivity contribution in [1.82, 2.24) is 15.2 Å². The molecule has 1 saturated heterocycles. The van der Waals surface area contributed by atoms with Crippen LogP contribution >= 0.6 is 34.7 Å². The molecule has 172 valence electrons. The molecule has 12 nitrogen and oxygen atoms in total. The number of nitrogens with zero attached hydrogens (tertiary/aromatic N) is 3. The third-order valence-electron chi connectivity index (χ3n) is 4.37. The molecule has 3 rings (SSSR count). The number of carboxylic acids is 1. The highest BCUT2D eigenvalue weighted by molar-refractivity contribution is 8.00. The van der Waals surface area contributed by atoms with Gasteiger partial charge in [0.05, 0.1) is 6.61 Å². The maximum atomic E-state index is 12.8. The number of anilines is 1. The van der Waals surface area contributed by atoms with Gasteiger partial charge in [0.2, 0.25) is 5.91 Å². The summed E-state index contributed by atoms with van der Waals surface area (Å²) < 4.78 is 5.03. The van der Waals surface area contributed by atoms with E-state index in [0.717, 1.165) is 16.2 Å². The molecule has 3 heterocycles. The lowest BCUT2D eigenvalue weighted by Gasteiger charge is -2.49. The number of oxime groups is 1. The van der Waals surface area contributed by atoms with Crippen LogP contribution in [0.4, 0.5) is 5.13 Å². The molecule has 1 fully saturated rings. The first-order valence-corrected chi connectivity index (χ1v) is 11.4. The van der Waals surface area contributed by atoms with E-state index in [1.54, 1.807) is 0 Å². The number of carbonyl (C=O) groups excluding carboxylic acids is 3. The maximum Gasteiger partial charge on any atom is 0.352 e. The van der Waals surface area contributed by atoms with Crippen molar-refractivity contribution in [2.24, 2.45) is 5.16 Å². The first-order valence-electron chi connectivity index (χ1n) is 8.95. The van der Waals surface area contributed by atoms with Crippen LogP contribution in [-0.4, -0.2) is 88.3 Å². The Balaban J connectivity index is 1.75. The van der Waals surface area contributed by atoms with Crippen LogP contribution in [-0.2, 0) is 28.8 Å². The average Bonchev–Trinajstić information content (AvgIpc) is 3.22. The van der Waals surface area contributed by atoms with Gasteiger partial charge >= 0.3 is 5.97 Å². The highest BCUT2D eigenvalue weighted by Gasteiger charge is 2.54. The predicted molar refractivity (Wildman–Crippen MR) is 117 cm³/mol. The normalized spacial score (nSPS) is 20.4. The fraction of sp³-hybridized carbons (Fsp3) is 0.412. The Labute approximate surface area is 195 Å². The summed E-state index contributed by atoms with van der Waals surface area (Å²) in [6, 6.07) is -0.956. The standard InChI is InChI=1S/C17H18ClN5O7S2/c1-29-4-7-5-31-15-11(14(26)23(15)12(7)16(27)28)21-13(25)10(22-30-2)8-6-32-17(19-8)20-9(24)3-18/h6,11,15H,3-5H2,1-2H3,(H,21,25)(H,27,28)(H,19,20,24)/b22-10-/t11?,15-/m1/s1. The van der Waals surface area contributed by atoms with Gasteiger partial charge in [0.25, 0.3) is 11.8 Å². The minimum Gasteiger partial charge on any atom is -0.477 e. The zero-order valence-corrected chi connectivity index (χ0v) is 19.2. The van der Waals surface area contributed by atoms with Crippen molar-refractivity contribution in [2.75, 3.05) is 37.8 Å². The number of nitrogens with one attached hydrogen (secondary N) is 2. The number of alkyl halides is 1. The van der Waals surface area contributed by atoms with Gasteiger partial charge in [-0.3, -0.25) is 19.3 Å². The van der Waals surface area contributed by atoms with Crippen molar-refractivity contribution < 1.29 is 33.9 Å². The molecule has 0 bridgehead atoms. The number of hydrogen-bond donors (Lipinski definition) is 3. The number of methoxy groups -OCH3 is 1. The molecule has 2 atom stereocenters. The van der Waals surface area contributed by atoms with Crippen LogP contribution in [0.2, 0.25) is 0 Å². The van der Waals surface area contributed by atoms with Crippen LogP contribution in [0.3, 0.4) is 0 Å². The number of hydrogen-bond acceptors (Lipinski definition) is 10. The highest BCUT2D eigenvalue weighted by atomic mass is 35.5. The first-order chi connectivity index (χ1) is 15.3. The number of rotatable bonds is 9. The van der Waals surface area contributed by atoms with Crippen molar-refractivity contribution in [3.8, 4) is 0 Å². The van der Waals surface area contributed by atoms with Crippen molar-refractivity contribution >= 4 is 69.2 Å². The second kappa shape index (κ2) is 10.3. The predicted octanol–water partition coefficient (Wildman–Crippen LogP) is 0.0559. The molecule has 2 aliphatic heterocycles. The second-order valence-corrected chi connectivity index (χ2v) is 8.62. The van der Waals surface area contributed by atoms with E-state index in [1.165, 1.54) is 31.4 Å². The molecule has 32 heavy (non-hydrogen) atoms.